The van der Waals surface area contributed by atoms with Gasteiger partial charge in [0.1, 0.15) is 28.7 Å². The zero-order valence-electron chi connectivity index (χ0n) is 38.9. The van der Waals surface area contributed by atoms with Gasteiger partial charge in [-0.25, -0.2) is 14.4 Å². The molecule has 5 aromatic rings. The molecule has 0 bridgehead atoms. The summed E-state index contributed by atoms with van der Waals surface area (Å²) in [6, 6.07) is 34.5. The predicted octanol–water partition coefficient (Wildman–Crippen LogP) is 15.6. The van der Waals surface area contributed by atoms with E-state index in [9.17, 15) is 14.4 Å². The first-order valence-electron chi connectivity index (χ1n) is 24.3. The number of carbonyl (C=O) groups is 3. The number of hydrogen-bond donors (Lipinski definition) is 0. The zero-order valence-corrected chi connectivity index (χ0v) is 38.9. The van der Waals surface area contributed by atoms with E-state index in [1.807, 2.05) is 30.3 Å². The molecule has 8 nitrogen and oxygen atoms in total. The van der Waals surface area contributed by atoms with Gasteiger partial charge < -0.3 is 23.7 Å². The quantitative estimate of drug-likeness (QED) is 0.0247. The number of benzene rings is 5. The van der Waals surface area contributed by atoms with E-state index < -0.39 is 17.9 Å². The highest BCUT2D eigenvalue weighted by Crippen LogP contribution is 2.27. The van der Waals surface area contributed by atoms with Crippen LogP contribution in [0.15, 0.2) is 121 Å². The second-order valence-corrected chi connectivity index (χ2v) is 16.9. The molecule has 0 aliphatic carbocycles. The predicted molar refractivity (Wildman–Crippen MR) is 261 cm³/mol. The highest BCUT2D eigenvalue weighted by atomic mass is 16.5. The average Bonchev–Trinajstić information content (AvgIpc) is 3.33. The van der Waals surface area contributed by atoms with Gasteiger partial charge in [0.15, 0.2) is 0 Å². The van der Waals surface area contributed by atoms with Crippen LogP contribution in [0.1, 0.15) is 173 Å². The minimum Gasteiger partial charge on any atom is -0.494 e. The van der Waals surface area contributed by atoms with Crippen LogP contribution in [-0.2, 0) is 0 Å². The summed E-state index contributed by atoms with van der Waals surface area (Å²) < 4.78 is 28.6. The maximum atomic E-state index is 13.1. The van der Waals surface area contributed by atoms with Crippen molar-refractivity contribution in [2.24, 2.45) is 0 Å². The van der Waals surface area contributed by atoms with Crippen molar-refractivity contribution in [2.75, 3.05) is 13.2 Å². The molecule has 0 saturated heterocycles. The summed E-state index contributed by atoms with van der Waals surface area (Å²) in [5.74, 6) is 1.06. The summed E-state index contributed by atoms with van der Waals surface area (Å²) in [7, 11) is 0. The second-order valence-electron chi connectivity index (χ2n) is 16.9. The molecule has 0 heterocycles. The van der Waals surface area contributed by atoms with E-state index in [1.165, 1.54) is 109 Å². The topological polar surface area (TPSA) is 97.4 Å². The van der Waals surface area contributed by atoms with E-state index in [0.717, 1.165) is 41.9 Å². The zero-order chi connectivity index (χ0) is 45.7. The lowest BCUT2D eigenvalue weighted by atomic mass is 10.0. The van der Waals surface area contributed by atoms with Crippen LogP contribution in [0.4, 0.5) is 0 Å². The van der Waals surface area contributed by atoms with Gasteiger partial charge in [0.05, 0.1) is 29.9 Å². The van der Waals surface area contributed by atoms with Gasteiger partial charge in [-0.1, -0.05) is 154 Å². The van der Waals surface area contributed by atoms with Crippen molar-refractivity contribution in [1.29, 1.82) is 0 Å². The lowest BCUT2D eigenvalue weighted by molar-refractivity contribution is 0.0723. The van der Waals surface area contributed by atoms with Crippen LogP contribution in [0, 0.1) is 0 Å². The van der Waals surface area contributed by atoms with Crippen LogP contribution in [-0.4, -0.2) is 31.1 Å². The molecule has 0 N–H and O–H groups in total. The van der Waals surface area contributed by atoms with Crippen molar-refractivity contribution in [3.63, 3.8) is 0 Å². The molecule has 5 rings (SSSR count). The molecule has 0 saturated carbocycles. The fraction of sp³-hybridized carbons (Fsp3) is 0.421. The number of rotatable bonds is 31. The Kier molecular flexibility index (Phi) is 22.8. The molecule has 0 fully saturated rings. The summed E-state index contributed by atoms with van der Waals surface area (Å²) in [5, 5.41) is 0. The van der Waals surface area contributed by atoms with Gasteiger partial charge in [0.25, 0.3) is 0 Å². The lowest BCUT2D eigenvalue weighted by Gasteiger charge is -2.10. The third kappa shape index (κ3) is 19.0. The Morgan fingerprint density at radius 2 is 0.646 bits per heavy atom. The molecule has 0 spiro atoms. The number of esters is 3. The van der Waals surface area contributed by atoms with Gasteiger partial charge in [-0.2, -0.15) is 0 Å². The fourth-order valence-corrected chi connectivity index (χ4v) is 7.55. The molecule has 0 unspecified atom stereocenters. The summed E-state index contributed by atoms with van der Waals surface area (Å²) in [4.78, 5) is 38.8. The van der Waals surface area contributed by atoms with Gasteiger partial charge in [-0.15, -0.1) is 0 Å². The molecule has 0 aromatic heterocycles. The average molecular weight is 883 g/mol. The maximum Gasteiger partial charge on any atom is 0.343 e. The van der Waals surface area contributed by atoms with Crippen LogP contribution in [0.3, 0.4) is 0 Å². The molecular weight excluding hydrogens is 813 g/mol. The second kappa shape index (κ2) is 29.5. The molecule has 65 heavy (non-hydrogen) atoms. The van der Waals surface area contributed by atoms with E-state index >= 15 is 0 Å². The molecule has 346 valence electrons. The van der Waals surface area contributed by atoms with E-state index in [4.69, 9.17) is 23.7 Å². The van der Waals surface area contributed by atoms with Crippen LogP contribution in [0.2, 0.25) is 0 Å². The molecule has 5 aromatic carbocycles. The number of ether oxygens (including phenoxy) is 5. The summed E-state index contributed by atoms with van der Waals surface area (Å²) in [6.45, 7) is 5.83. The lowest BCUT2D eigenvalue weighted by Crippen LogP contribution is -2.10. The third-order valence-corrected chi connectivity index (χ3v) is 11.5. The van der Waals surface area contributed by atoms with Gasteiger partial charge in [-0.3, -0.25) is 0 Å². The maximum absolute atomic E-state index is 13.1. The van der Waals surface area contributed by atoms with Crippen molar-refractivity contribution in [3.8, 4) is 39.9 Å². The monoisotopic (exact) mass is 883 g/mol. The van der Waals surface area contributed by atoms with E-state index in [-0.39, 0.29) is 0 Å². The van der Waals surface area contributed by atoms with Gasteiger partial charge in [0.2, 0.25) is 0 Å². The minimum absolute atomic E-state index is 0.300. The SMILES string of the molecule is CCCCCCCCCCCCOc1ccc(OC(=O)c2ccc(-c3cccc(OC(=O)c4ccc(OC(=O)c5ccc(OCCCCCCCCCCCC)cc5)cc4)c3)cc2)cc1. The van der Waals surface area contributed by atoms with Crippen LogP contribution < -0.4 is 23.7 Å². The number of hydrogen-bond acceptors (Lipinski definition) is 8. The molecule has 0 amide bonds. The van der Waals surface area contributed by atoms with Crippen molar-refractivity contribution >= 4 is 17.9 Å². The summed E-state index contributed by atoms with van der Waals surface area (Å²) in [5.41, 5.74) is 2.74. The fourth-order valence-electron chi connectivity index (χ4n) is 7.55. The standard InChI is InChI=1S/C57H70O8/c1-3-5-7-9-11-13-15-17-19-21-42-61-50-34-30-47(31-35-50)56(59)63-52-36-32-48(33-37-52)57(60)65-54-25-23-24-49(44-54)45-26-28-46(29-27-45)55(58)64-53-40-38-51(39-41-53)62-43-22-20-18-16-14-12-10-8-6-4-2/h23-41,44H,3-22,42-43H2,1-2H3. The van der Waals surface area contributed by atoms with Crippen LogP contribution in [0.5, 0.6) is 28.7 Å². The summed E-state index contributed by atoms with van der Waals surface area (Å²) in [6.07, 6.45) is 25.5. The minimum atomic E-state index is -0.555. The third-order valence-electron chi connectivity index (χ3n) is 11.5. The largest absolute Gasteiger partial charge is 0.494 e. The molecule has 0 aliphatic heterocycles. The van der Waals surface area contributed by atoms with Gasteiger partial charge in [-0.05, 0) is 121 Å². The Labute approximate surface area is 388 Å². The van der Waals surface area contributed by atoms with E-state index in [0.29, 0.717) is 47.2 Å². The molecule has 0 atom stereocenters. The van der Waals surface area contributed by atoms with Crippen LogP contribution >= 0.6 is 0 Å². The van der Waals surface area contributed by atoms with Crippen molar-refractivity contribution in [2.45, 2.75) is 142 Å². The van der Waals surface area contributed by atoms with Crippen LogP contribution in [0.25, 0.3) is 11.1 Å². The Bertz CT molecular complexity index is 2110. The van der Waals surface area contributed by atoms with E-state index in [1.54, 1.807) is 91.0 Å². The normalized spacial score (nSPS) is 10.9. The number of carbonyl (C=O) groups excluding carboxylic acids is 3. The smallest absolute Gasteiger partial charge is 0.343 e. The van der Waals surface area contributed by atoms with Crippen molar-refractivity contribution in [1.82, 2.24) is 0 Å². The Morgan fingerprint density at radius 3 is 1.06 bits per heavy atom. The Morgan fingerprint density at radius 1 is 0.323 bits per heavy atom. The number of unbranched alkanes of at least 4 members (excludes halogenated alkanes) is 18. The molecular formula is C57H70O8. The first-order chi connectivity index (χ1) is 31.9. The highest BCUT2D eigenvalue weighted by Gasteiger charge is 2.14. The Hall–Kier alpha value is -5.89. The van der Waals surface area contributed by atoms with Gasteiger partial charge in [0, 0.05) is 0 Å². The van der Waals surface area contributed by atoms with Crippen molar-refractivity contribution < 1.29 is 38.1 Å². The van der Waals surface area contributed by atoms with E-state index in [2.05, 4.69) is 13.8 Å². The molecule has 8 heteroatoms. The van der Waals surface area contributed by atoms with Crippen molar-refractivity contribution in [3.05, 3.63) is 138 Å². The molecule has 0 radical (unpaired) electrons. The Balaban J connectivity index is 0.986. The first-order valence-corrected chi connectivity index (χ1v) is 24.3. The summed E-state index contributed by atoms with van der Waals surface area (Å²) >= 11 is 0. The molecule has 0 aliphatic rings. The highest BCUT2D eigenvalue weighted by molar-refractivity contribution is 5.93. The first kappa shape index (κ1) is 50.1. The van der Waals surface area contributed by atoms with Gasteiger partial charge >= 0.3 is 17.9 Å².